The molecule has 2 unspecified atom stereocenters. The van der Waals surface area contributed by atoms with Crippen LogP contribution in [0.2, 0.25) is 0 Å². The van der Waals surface area contributed by atoms with E-state index in [1.54, 1.807) is 0 Å². The lowest BCUT2D eigenvalue weighted by Gasteiger charge is -2.36. The summed E-state index contributed by atoms with van der Waals surface area (Å²) in [5.74, 6) is 0. The van der Waals surface area contributed by atoms with Gasteiger partial charge in [0.1, 0.15) is 12.7 Å². The second kappa shape index (κ2) is 18.0. The number of likely N-dealkylation sites (N-methyl/N-ethyl adjacent to an activating group) is 1. The maximum Gasteiger partial charge on any atom is 0.166 e. The Labute approximate surface area is 182 Å². The third-order valence-corrected chi connectivity index (χ3v) is 6.63. The van der Waals surface area contributed by atoms with Gasteiger partial charge in [0.05, 0.1) is 19.4 Å². The van der Waals surface area contributed by atoms with E-state index in [0.717, 1.165) is 17.6 Å². The van der Waals surface area contributed by atoms with Crippen molar-refractivity contribution >= 4 is 0 Å². The zero-order valence-corrected chi connectivity index (χ0v) is 19.7. The van der Waals surface area contributed by atoms with Gasteiger partial charge in [0.2, 0.25) is 0 Å². The van der Waals surface area contributed by atoms with Crippen molar-refractivity contribution in [3.8, 4) is 0 Å². The maximum atomic E-state index is 9.38. The predicted molar refractivity (Wildman–Crippen MR) is 128 cm³/mol. The zero-order valence-electron chi connectivity index (χ0n) is 19.7. The molecule has 0 aliphatic carbocycles. The van der Waals surface area contributed by atoms with Gasteiger partial charge in [0.15, 0.2) is 6.17 Å². The summed E-state index contributed by atoms with van der Waals surface area (Å²) in [5, 5.41) is 12.9. The minimum Gasteiger partial charge on any atom is -0.390 e. The van der Waals surface area contributed by atoms with E-state index in [1.807, 2.05) is 0 Å². The van der Waals surface area contributed by atoms with Crippen molar-refractivity contribution in [3.63, 3.8) is 0 Å². The number of aliphatic hydroxyl groups excluding tert-OH is 1. The molecule has 0 radical (unpaired) electrons. The number of nitrogens with one attached hydrogen (secondary N) is 1. The Morgan fingerprint density at radius 2 is 1.34 bits per heavy atom. The summed E-state index contributed by atoms with van der Waals surface area (Å²) in [5.41, 5.74) is 0. The fourth-order valence-corrected chi connectivity index (χ4v) is 4.56. The maximum absolute atomic E-state index is 9.38. The Morgan fingerprint density at radius 3 is 1.90 bits per heavy atom. The number of aliphatic hydroxyl groups is 1. The quantitative estimate of drug-likeness (QED) is 0.129. The van der Waals surface area contributed by atoms with Gasteiger partial charge in [-0.2, -0.15) is 0 Å². The van der Waals surface area contributed by atoms with E-state index in [2.05, 4.69) is 43.7 Å². The molecule has 0 aromatic carbocycles. The molecule has 0 fully saturated rings. The summed E-state index contributed by atoms with van der Waals surface area (Å²) >= 11 is 0. The SMILES string of the molecule is CCCCCCCCCCCC/C=C/CCCCCC1NC=C[N+]1(CC)CCO. The lowest BCUT2D eigenvalue weighted by molar-refractivity contribution is -0.900. The van der Waals surface area contributed by atoms with Crippen molar-refractivity contribution < 1.29 is 9.59 Å². The summed E-state index contributed by atoms with van der Waals surface area (Å²) in [6.45, 7) is 6.65. The van der Waals surface area contributed by atoms with Crippen LogP contribution in [-0.4, -0.2) is 35.5 Å². The van der Waals surface area contributed by atoms with Gasteiger partial charge in [0.25, 0.3) is 0 Å². The van der Waals surface area contributed by atoms with Crippen molar-refractivity contribution in [2.24, 2.45) is 0 Å². The molecular weight excluding hydrogens is 356 g/mol. The summed E-state index contributed by atoms with van der Waals surface area (Å²) in [7, 11) is 0. The van der Waals surface area contributed by atoms with Gasteiger partial charge in [-0.05, 0) is 39.0 Å². The standard InChI is InChI=1S/C26H51N2O/c1-3-5-6-7-8-9-10-11-12-13-14-15-16-17-18-19-20-21-26-27-22-23-28(26,4-2)24-25-29/h15-16,22-23,26-27,29H,3-14,17-21,24-25H2,1-2H3/q+1/b16-15+. The first-order valence-corrected chi connectivity index (χ1v) is 12.8. The number of quaternary nitrogens is 1. The minimum absolute atomic E-state index is 0.264. The molecule has 0 aromatic rings. The average Bonchev–Trinajstić information content (AvgIpc) is 3.13. The highest BCUT2D eigenvalue weighted by molar-refractivity contribution is 4.84. The molecule has 170 valence electrons. The Hall–Kier alpha value is -0.800. The average molecular weight is 408 g/mol. The van der Waals surface area contributed by atoms with E-state index >= 15 is 0 Å². The monoisotopic (exact) mass is 407 g/mol. The predicted octanol–water partition coefficient (Wildman–Crippen LogP) is 7.03. The Kier molecular flexibility index (Phi) is 16.3. The van der Waals surface area contributed by atoms with Gasteiger partial charge in [0, 0.05) is 6.42 Å². The lowest BCUT2D eigenvalue weighted by Crippen LogP contribution is -2.54. The Morgan fingerprint density at radius 1 is 0.793 bits per heavy atom. The third kappa shape index (κ3) is 11.8. The Balaban J connectivity index is 1.89. The van der Waals surface area contributed by atoms with E-state index < -0.39 is 0 Å². The van der Waals surface area contributed by atoms with Crippen LogP contribution in [0.25, 0.3) is 0 Å². The first-order chi connectivity index (χ1) is 14.3. The highest BCUT2D eigenvalue weighted by Gasteiger charge is 2.35. The molecule has 0 amide bonds. The zero-order chi connectivity index (χ0) is 21.0. The van der Waals surface area contributed by atoms with E-state index in [4.69, 9.17) is 0 Å². The summed E-state index contributed by atoms with van der Waals surface area (Å²) in [6.07, 6.45) is 31.4. The molecule has 0 bridgehead atoms. The minimum atomic E-state index is 0.264. The molecule has 2 atom stereocenters. The second-order valence-electron chi connectivity index (χ2n) is 8.94. The molecule has 0 aromatic heterocycles. The van der Waals surface area contributed by atoms with Crippen molar-refractivity contribution in [2.75, 3.05) is 19.7 Å². The number of hydrogen-bond acceptors (Lipinski definition) is 2. The van der Waals surface area contributed by atoms with Crippen molar-refractivity contribution in [2.45, 2.75) is 123 Å². The third-order valence-electron chi connectivity index (χ3n) is 6.63. The molecule has 1 aliphatic rings. The highest BCUT2D eigenvalue weighted by atomic mass is 16.3. The van der Waals surface area contributed by atoms with E-state index in [9.17, 15) is 5.11 Å². The van der Waals surface area contributed by atoms with Crippen LogP contribution in [0, 0.1) is 0 Å². The fraction of sp³-hybridized carbons (Fsp3) is 0.846. The van der Waals surface area contributed by atoms with Crippen LogP contribution in [0.3, 0.4) is 0 Å². The normalized spacial score (nSPS) is 21.3. The van der Waals surface area contributed by atoms with Gasteiger partial charge >= 0.3 is 0 Å². The number of unbranched alkanes of at least 4 members (excludes halogenated alkanes) is 13. The van der Waals surface area contributed by atoms with Crippen LogP contribution in [0.5, 0.6) is 0 Å². The first kappa shape index (κ1) is 26.2. The first-order valence-electron chi connectivity index (χ1n) is 12.8. The number of rotatable bonds is 20. The van der Waals surface area contributed by atoms with Crippen molar-refractivity contribution in [3.05, 3.63) is 24.6 Å². The molecule has 29 heavy (non-hydrogen) atoms. The van der Waals surface area contributed by atoms with Crippen LogP contribution in [0.1, 0.15) is 117 Å². The van der Waals surface area contributed by atoms with Crippen LogP contribution >= 0.6 is 0 Å². The molecule has 3 heteroatoms. The summed E-state index contributed by atoms with van der Waals surface area (Å²) in [4.78, 5) is 0. The van der Waals surface area contributed by atoms with E-state index in [1.165, 1.54) is 103 Å². The van der Waals surface area contributed by atoms with Crippen LogP contribution < -0.4 is 5.32 Å². The summed E-state index contributed by atoms with van der Waals surface area (Å²) < 4.78 is 0.898. The van der Waals surface area contributed by atoms with Gasteiger partial charge in [-0.3, -0.25) is 4.48 Å². The smallest absolute Gasteiger partial charge is 0.166 e. The van der Waals surface area contributed by atoms with Crippen LogP contribution in [0.15, 0.2) is 24.6 Å². The van der Waals surface area contributed by atoms with Gasteiger partial charge in [-0.1, -0.05) is 83.3 Å². The van der Waals surface area contributed by atoms with Crippen LogP contribution in [0.4, 0.5) is 0 Å². The molecule has 2 N–H and O–H groups in total. The fourth-order valence-electron chi connectivity index (χ4n) is 4.56. The Bertz CT molecular complexity index is 421. The largest absolute Gasteiger partial charge is 0.390 e. The number of hydrogen-bond donors (Lipinski definition) is 2. The molecule has 0 spiro atoms. The number of allylic oxidation sites excluding steroid dienone is 2. The molecular formula is C26H51N2O+. The molecule has 3 nitrogen and oxygen atoms in total. The highest BCUT2D eigenvalue weighted by Crippen LogP contribution is 2.22. The van der Waals surface area contributed by atoms with E-state index in [-0.39, 0.29) is 6.61 Å². The van der Waals surface area contributed by atoms with Crippen molar-refractivity contribution in [1.29, 1.82) is 0 Å². The van der Waals surface area contributed by atoms with E-state index in [0.29, 0.717) is 6.17 Å². The molecule has 1 aliphatic heterocycles. The van der Waals surface area contributed by atoms with Crippen LogP contribution in [-0.2, 0) is 0 Å². The van der Waals surface area contributed by atoms with Gasteiger partial charge < -0.3 is 10.4 Å². The molecule has 0 saturated heterocycles. The molecule has 1 rings (SSSR count). The molecule has 1 heterocycles. The lowest BCUT2D eigenvalue weighted by atomic mass is 10.1. The van der Waals surface area contributed by atoms with Crippen molar-refractivity contribution in [1.82, 2.24) is 5.32 Å². The summed E-state index contributed by atoms with van der Waals surface area (Å²) in [6, 6.07) is 0. The second-order valence-corrected chi connectivity index (χ2v) is 8.94. The van der Waals surface area contributed by atoms with Gasteiger partial charge in [-0.25, -0.2) is 0 Å². The topological polar surface area (TPSA) is 32.3 Å². The molecule has 0 saturated carbocycles. The number of nitrogens with zero attached hydrogens (tertiary/aromatic N) is 1. The van der Waals surface area contributed by atoms with Gasteiger partial charge in [-0.15, -0.1) is 0 Å².